The fourth-order valence-electron chi connectivity index (χ4n) is 3.87. The lowest BCUT2D eigenvalue weighted by atomic mass is 9.95. The van der Waals surface area contributed by atoms with Crippen molar-refractivity contribution in [1.29, 1.82) is 0 Å². The Morgan fingerprint density at radius 1 is 1.21 bits per heavy atom. The molecule has 176 valence electrons. The molecular weight excluding hydrogens is 456 g/mol. The van der Waals surface area contributed by atoms with Crippen molar-refractivity contribution in [3.63, 3.8) is 0 Å². The zero-order valence-electron chi connectivity index (χ0n) is 19.2. The molecular formula is C25H24N2O6S. The summed E-state index contributed by atoms with van der Waals surface area (Å²) in [5.74, 6) is 0.391. The van der Waals surface area contributed by atoms with E-state index >= 15 is 0 Å². The van der Waals surface area contributed by atoms with Gasteiger partial charge in [-0.05, 0) is 55.3 Å². The Morgan fingerprint density at radius 3 is 2.68 bits per heavy atom. The Morgan fingerprint density at radius 2 is 2.00 bits per heavy atom. The molecule has 1 aromatic heterocycles. The number of phenolic OH excluding ortho intramolecular Hbond substituents is 1. The number of hydrogen-bond donors (Lipinski definition) is 1. The molecule has 0 saturated heterocycles. The normalized spacial score (nSPS) is 15.5. The molecule has 0 saturated carbocycles. The van der Waals surface area contributed by atoms with Gasteiger partial charge in [0.25, 0.3) is 5.56 Å². The molecule has 3 aromatic rings. The average molecular weight is 481 g/mol. The Balaban J connectivity index is 1.94. The molecule has 2 aromatic carbocycles. The van der Waals surface area contributed by atoms with Gasteiger partial charge in [0.1, 0.15) is 5.75 Å². The lowest BCUT2D eigenvalue weighted by molar-refractivity contribution is -0.139. The van der Waals surface area contributed by atoms with Crippen molar-refractivity contribution in [2.45, 2.75) is 19.9 Å². The Labute approximate surface area is 199 Å². The number of hydrogen-bond acceptors (Lipinski definition) is 8. The van der Waals surface area contributed by atoms with E-state index in [-0.39, 0.29) is 17.9 Å². The van der Waals surface area contributed by atoms with Gasteiger partial charge in [-0.1, -0.05) is 29.5 Å². The molecule has 8 nitrogen and oxygen atoms in total. The van der Waals surface area contributed by atoms with Gasteiger partial charge in [0.15, 0.2) is 16.3 Å². The summed E-state index contributed by atoms with van der Waals surface area (Å²) in [6.45, 7) is 3.66. The average Bonchev–Trinajstić information content (AvgIpc) is 3.12. The smallest absolute Gasteiger partial charge is 0.338 e. The maximum absolute atomic E-state index is 13.6. The Bertz CT molecular complexity index is 1470. The first kappa shape index (κ1) is 23.3. The number of phenols is 1. The molecule has 0 spiro atoms. The number of fused-ring (bicyclic) bond motifs is 1. The standard InChI is InChI=1S/C25H24N2O6S/c1-5-33-24(30)21-14(2)26-25-27(22(21)16-7-6-8-17(13-16)31-3)23(29)20(34-25)12-15-9-10-19(32-4)18(28)11-15/h6-13,22,28H,5H2,1-4H3. The number of carbonyl (C=O) groups is 1. The van der Waals surface area contributed by atoms with E-state index < -0.39 is 12.0 Å². The maximum atomic E-state index is 13.6. The number of aromatic hydroxyl groups is 1. The topological polar surface area (TPSA) is 99.4 Å². The van der Waals surface area contributed by atoms with Crippen LogP contribution in [0.25, 0.3) is 6.08 Å². The first-order chi connectivity index (χ1) is 16.4. The summed E-state index contributed by atoms with van der Waals surface area (Å²) in [6, 6.07) is 11.4. The van der Waals surface area contributed by atoms with Crippen molar-refractivity contribution in [3.05, 3.63) is 84.5 Å². The second-order valence-electron chi connectivity index (χ2n) is 7.51. The van der Waals surface area contributed by atoms with Crippen LogP contribution in [-0.2, 0) is 9.53 Å². The molecule has 1 aliphatic rings. The molecule has 34 heavy (non-hydrogen) atoms. The highest BCUT2D eigenvalue weighted by Crippen LogP contribution is 2.32. The minimum atomic E-state index is -0.725. The number of methoxy groups -OCH3 is 2. The van der Waals surface area contributed by atoms with Gasteiger partial charge in [-0.2, -0.15) is 0 Å². The van der Waals surface area contributed by atoms with Gasteiger partial charge in [0, 0.05) is 0 Å². The third-order valence-corrected chi connectivity index (χ3v) is 6.41. The van der Waals surface area contributed by atoms with E-state index in [4.69, 9.17) is 14.2 Å². The molecule has 0 amide bonds. The number of ether oxygens (including phenoxy) is 3. The fourth-order valence-corrected chi connectivity index (χ4v) is 4.91. The van der Waals surface area contributed by atoms with E-state index in [0.717, 1.165) is 0 Å². The summed E-state index contributed by atoms with van der Waals surface area (Å²) in [7, 11) is 3.02. The van der Waals surface area contributed by atoms with Gasteiger partial charge < -0.3 is 19.3 Å². The van der Waals surface area contributed by atoms with E-state index in [0.29, 0.717) is 43.2 Å². The molecule has 1 aliphatic heterocycles. The monoisotopic (exact) mass is 480 g/mol. The van der Waals surface area contributed by atoms with Gasteiger partial charge >= 0.3 is 5.97 Å². The van der Waals surface area contributed by atoms with Gasteiger partial charge in [-0.3, -0.25) is 9.36 Å². The molecule has 1 N–H and O–H groups in total. The summed E-state index contributed by atoms with van der Waals surface area (Å²) in [5, 5.41) is 10.1. The van der Waals surface area contributed by atoms with Crippen LogP contribution in [0.2, 0.25) is 0 Å². The lowest BCUT2D eigenvalue weighted by Gasteiger charge is -2.25. The highest BCUT2D eigenvalue weighted by molar-refractivity contribution is 7.07. The Kier molecular flexibility index (Phi) is 6.56. The van der Waals surface area contributed by atoms with Crippen LogP contribution < -0.4 is 24.4 Å². The quantitative estimate of drug-likeness (QED) is 0.545. The molecule has 0 bridgehead atoms. The molecule has 4 rings (SSSR count). The third-order valence-electron chi connectivity index (χ3n) is 5.43. The van der Waals surface area contributed by atoms with Crippen LogP contribution in [0.4, 0.5) is 0 Å². The minimum absolute atomic E-state index is 0.0290. The van der Waals surface area contributed by atoms with Crippen molar-refractivity contribution < 1.29 is 24.1 Å². The summed E-state index contributed by atoms with van der Waals surface area (Å²) >= 11 is 1.21. The molecule has 1 atom stereocenters. The molecule has 0 fully saturated rings. The highest BCUT2D eigenvalue weighted by Gasteiger charge is 2.33. The van der Waals surface area contributed by atoms with Crippen LogP contribution in [0.15, 0.2) is 63.5 Å². The summed E-state index contributed by atoms with van der Waals surface area (Å²) < 4.78 is 17.7. The summed E-state index contributed by atoms with van der Waals surface area (Å²) in [6.07, 6.45) is 1.68. The van der Waals surface area contributed by atoms with E-state index in [9.17, 15) is 14.7 Å². The van der Waals surface area contributed by atoms with Gasteiger partial charge in [-0.25, -0.2) is 9.79 Å². The van der Waals surface area contributed by atoms with Gasteiger partial charge in [0.2, 0.25) is 0 Å². The van der Waals surface area contributed by atoms with E-state index in [1.54, 1.807) is 51.3 Å². The van der Waals surface area contributed by atoms with E-state index in [2.05, 4.69) is 4.99 Å². The zero-order chi connectivity index (χ0) is 24.4. The van der Waals surface area contributed by atoms with Crippen molar-refractivity contribution >= 4 is 23.4 Å². The van der Waals surface area contributed by atoms with Crippen LogP contribution in [0.3, 0.4) is 0 Å². The van der Waals surface area contributed by atoms with Crippen LogP contribution in [0.5, 0.6) is 17.2 Å². The van der Waals surface area contributed by atoms with Crippen molar-refractivity contribution in [1.82, 2.24) is 4.57 Å². The number of rotatable bonds is 6. The molecule has 1 unspecified atom stereocenters. The Hall–Kier alpha value is -3.85. The van der Waals surface area contributed by atoms with Crippen LogP contribution in [0, 0.1) is 0 Å². The maximum Gasteiger partial charge on any atom is 0.338 e. The predicted molar refractivity (Wildman–Crippen MR) is 128 cm³/mol. The van der Waals surface area contributed by atoms with E-state index in [1.165, 1.54) is 29.1 Å². The first-order valence-corrected chi connectivity index (χ1v) is 11.4. The number of allylic oxidation sites excluding steroid dienone is 1. The second-order valence-corrected chi connectivity index (χ2v) is 8.52. The largest absolute Gasteiger partial charge is 0.504 e. The number of carbonyl (C=O) groups excluding carboxylic acids is 1. The van der Waals surface area contributed by atoms with Crippen LogP contribution in [-0.4, -0.2) is 36.5 Å². The number of aromatic nitrogens is 1. The second kappa shape index (κ2) is 9.56. The summed E-state index contributed by atoms with van der Waals surface area (Å²) in [5.41, 5.74) is 1.81. The van der Waals surface area contributed by atoms with Crippen LogP contribution >= 0.6 is 11.3 Å². The van der Waals surface area contributed by atoms with Crippen molar-refractivity contribution in [2.75, 3.05) is 20.8 Å². The molecule has 9 heteroatoms. The number of thiazole rings is 1. The van der Waals surface area contributed by atoms with Gasteiger partial charge in [0.05, 0.1) is 42.7 Å². The SMILES string of the molecule is CCOC(=O)C1=C(C)N=c2sc(=Cc3ccc(OC)c(O)c3)c(=O)n2C1c1cccc(OC)c1. The molecule has 0 radical (unpaired) electrons. The minimum Gasteiger partial charge on any atom is -0.504 e. The highest BCUT2D eigenvalue weighted by atomic mass is 32.1. The van der Waals surface area contributed by atoms with Crippen molar-refractivity contribution in [2.24, 2.45) is 4.99 Å². The number of benzene rings is 2. The third kappa shape index (κ3) is 4.22. The molecule has 2 heterocycles. The van der Waals surface area contributed by atoms with Crippen LogP contribution in [0.1, 0.15) is 31.0 Å². The fraction of sp³-hybridized carbons (Fsp3) is 0.240. The first-order valence-electron chi connectivity index (χ1n) is 10.6. The number of esters is 1. The zero-order valence-corrected chi connectivity index (χ0v) is 20.0. The van der Waals surface area contributed by atoms with Gasteiger partial charge in [-0.15, -0.1) is 0 Å². The van der Waals surface area contributed by atoms with Crippen molar-refractivity contribution in [3.8, 4) is 17.2 Å². The summed E-state index contributed by atoms with van der Waals surface area (Å²) in [4.78, 5) is 31.5. The molecule has 0 aliphatic carbocycles. The lowest BCUT2D eigenvalue weighted by Crippen LogP contribution is -2.39. The number of nitrogens with zero attached hydrogens (tertiary/aromatic N) is 2. The predicted octanol–water partition coefficient (Wildman–Crippen LogP) is 2.52. The van der Waals surface area contributed by atoms with E-state index in [1.807, 2.05) is 12.1 Å².